The van der Waals surface area contributed by atoms with Crippen molar-refractivity contribution in [2.75, 3.05) is 23.3 Å². The van der Waals surface area contributed by atoms with Gasteiger partial charge in [0.1, 0.15) is 0 Å². The molecule has 1 unspecified atom stereocenters. The maximum absolute atomic E-state index is 5.96. The predicted octanol–water partition coefficient (Wildman–Crippen LogP) is 2.58. The summed E-state index contributed by atoms with van der Waals surface area (Å²) in [6.45, 7) is 8.24. The van der Waals surface area contributed by atoms with E-state index in [1.54, 1.807) is 0 Å². The highest BCUT2D eigenvalue weighted by atomic mass is 35.5. The van der Waals surface area contributed by atoms with Crippen LogP contribution in [0.3, 0.4) is 0 Å². The van der Waals surface area contributed by atoms with E-state index >= 15 is 0 Å². The maximum atomic E-state index is 5.96. The van der Waals surface area contributed by atoms with Gasteiger partial charge < -0.3 is 10.2 Å². The first-order chi connectivity index (χ1) is 8.61. The molecular weight excluding hydrogens is 250 g/mol. The fraction of sp³-hybridized carbons (Fsp3) is 0.750. The number of aromatic nitrogens is 3. The highest BCUT2D eigenvalue weighted by Crippen LogP contribution is 2.28. The first kappa shape index (κ1) is 13.3. The van der Waals surface area contributed by atoms with Crippen LogP contribution in [0.1, 0.15) is 33.6 Å². The standard InChI is InChI=1S/C12H20ClN5/c1-4-14-11-15-10(13)16-12(17-11)18-7-5-6-9(18)8(2)3/h8-9H,4-7H2,1-3H3,(H,14,15,16,17). The highest BCUT2D eigenvalue weighted by Gasteiger charge is 2.29. The lowest BCUT2D eigenvalue weighted by atomic mass is 10.0. The van der Waals surface area contributed by atoms with Crippen molar-refractivity contribution in [2.24, 2.45) is 5.92 Å². The fourth-order valence-electron chi connectivity index (χ4n) is 2.44. The molecule has 1 atom stereocenters. The lowest BCUT2D eigenvalue weighted by Gasteiger charge is -2.27. The summed E-state index contributed by atoms with van der Waals surface area (Å²) in [6.07, 6.45) is 2.38. The van der Waals surface area contributed by atoms with Gasteiger partial charge in [0.15, 0.2) is 0 Å². The molecule has 0 aliphatic carbocycles. The molecule has 0 spiro atoms. The molecule has 5 nitrogen and oxygen atoms in total. The zero-order valence-corrected chi connectivity index (χ0v) is 11.9. The molecule has 1 N–H and O–H groups in total. The third-order valence-electron chi connectivity index (χ3n) is 3.26. The third kappa shape index (κ3) is 2.83. The van der Waals surface area contributed by atoms with Crippen molar-refractivity contribution < 1.29 is 0 Å². The van der Waals surface area contributed by atoms with Gasteiger partial charge in [-0.25, -0.2) is 0 Å². The van der Waals surface area contributed by atoms with Gasteiger partial charge >= 0.3 is 0 Å². The van der Waals surface area contributed by atoms with Gasteiger partial charge in [-0.05, 0) is 37.3 Å². The third-order valence-corrected chi connectivity index (χ3v) is 3.43. The van der Waals surface area contributed by atoms with E-state index in [-0.39, 0.29) is 5.28 Å². The molecule has 2 heterocycles. The number of hydrogen-bond acceptors (Lipinski definition) is 5. The monoisotopic (exact) mass is 269 g/mol. The topological polar surface area (TPSA) is 53.9 Å². The molecule has 1 saturated heterocycles. The highest BCUT2D eigenvalue weighted by molar-refractivity contribution is 6.28. The SMILES string of the molecule is CCNc1nc(Cl)nc(N2CCCC2C(C)C)n1. The lowest BCUT2D eigenvalue weighted by Crippen LogP contribution is -2.34. The molecule has 1 aliphatic rings. The van der Waals surface area contributed by atoms with Crippen LogP contribution in [0.4, 0.5) is 11.9 Å². The predicted molar refractivity (Wildman–Crippen MR) is 74.2 cm³/mol. The van der Waals surface area contributed by atoms with E-state index in [1.807, 2.05) is 6.92 Å². The Morgan fingerprint density at radius 2 is 2.17 bits per heavy atom. The van der Waals surface area contributed by atoms with Crippen molar-refractivity contribution in [1.29, 1.82) is 0 Å². The van der Waals surface area contributed by atoms with Crippen LogP contribution in [0.25, 0.3) is 0 Å². The Balaban J connectivity index is 2.26. The van der Waals surface area contributed by atoms with Crippen molar-refractivity contribution in [3.63, 3.8) is 0 Å². The molecule has 2 rings (SSSR count). The summed E-state index contributed by atoms with van der Waals surface area (Å²) in [5.41, 5.74) is 0. The molecule has 1 aliphatic heterocycles. The minimum Gasteiger partial charge on any atom is -0.354 e. The Hall–Kier alpha value is -1.10. The summed E-state index contributed by atoms with van der Waals surface area (Å²) >= 11 is 5.96. The molecule has 0 bridgehead atoms. The molecule has 18 heavy (non-hydrogen) atoms. The van der Waals surface area contributed by atoms with Gasteiger partial charge in [-0.2, -0.15) is 15.0 Å². The summed E-state index contributed by atoms with van der Waals surface area (Å²) in [7, 11) is 0. The molecule has 0 aromatic carbocycles. The fourth-order valence-corrected chi connectivity index (χ4v) is 2.59. The molecule has 1 aromatic rings. The van der Waals surface area contributed by atoms with Crippen LogP contribution in [-0.4, -0.2) is 34.1 Å². The van der Waals surface area contributed by atoms with Gasteiger partial charge in [-0.1, -0.05) is 13.8 Å². The summed E-state index contributed by atoms with van der Waals surface area (Å²) in [5, 5.41) is 3.34. The van der Waals surface area contributed by atoms with Crippen LogP contribution in [-0.2, 0) is 0 Å². The van der Waals surface area contributed by atoms with E-state index in [4.69, 9.17) is 11.6 Å². The largest absolute Gasteiger partial charge is 0.354 e. The number of nitrogens with one attached hydrogen (secondary N) is 1. The van der Waals surface area contributed by atoms with E-state index in [9.17, 15) is 0 Å². The van der Waals surface area contributed by atoms with Gasteiger partial charge in [0.25, 0.3) is 0 Å². The van der Waals surface area contributed by atoms with E-state index in [0.29, 0.717) is 23.9 Å². The van der Waals surface area contributed by atoms with Crippen LogP contribution >= 0.6 is 11.6 Å². The molecule has 1 aromatic heterocycles. The Bertz CT molecular complexity index is 409. The number of anilines is 2. The maximum Gasteiger partial charge on any atom is 0.231 e. The second-order valence-electron chi connectivity index (χ2n) is 4.91. The van der Waals surface area contributed by atoms with E-state index in [1.165, 1.54) is 12.8 Å². The van der Waals surface area contributed by atoms with Crippen LogP contribution in [0.15, 0.2) is 0 Å². The van der Waals surface area contributed by atoms with Gasteiger partial charge in [0.2, 0.25) is 17.2 Å². The van der Waals surface area contributed by atoms with Crippen molar-refractivity contribution in [1.82, 2.24) is 15.0 Å². The number of nitrogens with zero attached hydrogens (tertiary/aromatic N) is 4. The Morgan fingerprint density at radius 3 is 2.83 bits per heavy atom. The van der Waals surface area contributed by atoms with Gasteiger partial charge in [-0.15, -0.1) is 0 Å². The summed E-state index contributed by atoms with van der Waals surface area (Å²) in [6, 6.07) is 0.498. The smallest absolute Gasteiger partial charge is 0.231 e. The normalized spacial score (nSPS) is 19.6. The van der Waals surface area contributed by atoms with Crippen molar-refractivity contribution in [2.45, 2.75) is 39.7 Å². The first-order valence-electron chi connectivity index (χ1n) is 6.54. The van der Waals surface area contributed by atoms with Gasteiger partial charge in [0, 0.05) is 19.1 Å². The van der Waals surface area contributed by atoms with Crippen molar-refractivity contribution >= 4 is 23.5 Å². The molecule has 1 fully saturated rings. The van der Waals surface area contributed by atoms with Crippen molar-refractivity contribution in [3.05, 3.63) is 5.28 Å². The van der Waals surface area contributed by atoms with Gasteiger partial charge in [0.05, 0.1) is 0 Å². The molecular formula is C12H20ClN5. The minimum absolute atomic E-state index is 0.255. The molecule has 0 amide bonds. The van der Waals surface area contributed by atoms with Crippen LogP contribution in [0.5, 0.6) is 0 Å². The molecule has 100 valence electrons. The lowest BCUT2D eigenvalue weighted by molar-refractivity contribution is 0.486. The second-order valence-corrected chi connectivity index (χ2v) is 5.24. The second kappa shape index (κ2) is 5.69. The molecule has 0 radical (unpaired) electrons. The Morgan fingerprint density at radius 1 is 1.39 bits per heavy atom. The first-order valence-corrected chi connectivity index (χ1v) is 6.91. The summed E-state index contributed by atoms with van der Waals surface area (Å²) in [5.74, 6) is 1.84. The van der Waals surface area contributed by atoms with E-state index < -0.39 is 0 Å². The number of rotatable bonds is 4. The van der Waals surface area contributed by atoms with Crippen LogP contribution in [0, 0.1) is 5.92 Å². The summed E-state index contributed by atoms with van der Waals surface area (Å²) < 4.78 is 0. The average Bonchev–Trinajstić information content (AvgIpc) is 2.77. The zero-order chi connectivity index (χ0) is 13.1. The zero-order valence-electron chi connectivity index (χ0n) is 11.1. The quantitative estimate of drug-likeness (QED) is 0.911. The molecule has 6 heteroatoms. The Labute approximate surface area is 113 Å². The van der Waals surface area contributed by atoms with Crippen LogP contribution < -0.4 is 10.2 Å². The van der Waals surface area contributed by atoms with Gasteiger partial charge in [-0.3, -0.25) is 0 Å². The van der Waals surface area contributed by atoms with Crippen LogP contribution in [0.2, 0.25) is 5.28 Å². The Kier molecular flexibility index (Phi) is 4.22. The minimum atomic E-state index is 0.255. The van der Waals surface area contributed by atoms with E-state index in [2.05, 4.69) is 39.0 Å². The summed E-state index contributed by atoms with van der Waals surface area (Å²) in [4.78, 5) is 15.0. The van der Waals surface area contributed by atoms with E-state index in [0.717, 1.165) is 13.1 Å². The average molecular weight is 270 g/mol. The number of hydrogen-bond donors (Lipinski definition) is 1. The van der Waals surface area contributed by atoms with Crippen molar-refractivity contribution in [3.8, 4) is 0 Å². The number of halogens is 1. The molecule has 0 saturated carbocycles.